The molecule has 2 aliphatic rings. The lowest BCUT2D eigenvalue weighted by Crippen LogP contribution is -2.49. The lowest BCUT2D eigenvalue weighted by molar-refractivity contribution is -0.132. The van der Waals surface area contributed by atoms with Gasteiger partial charge in [-0.1, -0.05) is 24.6 Å². The van der Waals surface area contributed by atoms with Crippen molar-refractivity contribution in [3.8, 4) is 0 Å². The summed E-state index contributed by atoms with van der Waals surface area (Å²) in [6, 6.07) is 7.96. The smallest absolute Gasteiger partial charge is 0.222 e. The number of piperazine rings is 1. The number of nitrogens with one attached hydrogen (secondary N) is 1. The summed E-state index contributed by atoms with van der Waals surface area (Å²) in [6.45, 7) is 7.83. The summed E-state index contributed by atoms with van der Waals surface area (Å²) < 4.78 is 0. The Hall–Kier alpha value is -1.26. The van der Waals surface area contributed by atoms with E-state index >= 15 is 0 Å². The van der Waals surface area contributed by atoms with E-state index < -0.39 is 0 Å². The van der Waals surface area contributed by atoms with Crippen LogP contribution in [0.25, 0.3) is 0 Å². The van der Waals surface area contributed by atoms with Crippen molar-refractivity contribution in [3.05, 3.63) is 29.3 Å². The zero-order chi connectivity index (χ0) is 16.9. The summed E-state index contributed by atoms with van der Waals surface area (Å²) >= 11 is 6.08. The summed E-state index contributed by atoms with van der Waals surface area (Å²) in [6.07, 6.45) is 3.11. The van der Waals surface area contributed by atoms with Crippen molar-refractivity contribution >= 4 is 23.2 Å². The Labute approximate surface area is 150 Å². The minimum atomic E-state index is 0.326. The van der Waals surface area contributed by atoms with Gasteiger partial charge in [-0.2, -0.15) is 0 Å². The van der Waals surface area contributed by atoms with Gasteiger partial charge in [0.2, 0.25) is 5.91 Å². The molecule has 1 amide bonds. The van der Waals surface area contributed by atoms with Crippen molar-refractivity contribution in [2.45, 2.75) is 26.2 Å². The maximum atomic E-state index is 12.6. The first kappa shape index (κ1) is 17.6. The number of halogens is 1. The van der Waals surface area contributed by atoms with E-state index in [-0.39, 0.29) is 0 Å². The number of carbonyl (C=O) groups is 1. The summed E-state index contributed by atoms with van der Waals surface area (Å²) in [4.78, 5) is 17.0. The lowest BCUT2D eigenvalue weighted by atomic mass is 9.84. The van der Waals surface area contributed by atoms with E-state index in [1.54, 1.807) is 0 Å². The number of rotatable bonds is 4. The van der Waals surface area contributed by atoms with Crippen LogP contribution in [-0.2, 0) is 4.79 Å². The minimum Gasteiger partial charge on any atom is -0.368 e. The number of carbonyl (C=O) groups excluding carboxylic acids is 1. The molecule has 1 N–H and O–H groups in total. The average molecular weight is 350 g/mol. The van der Waals surface area contributed by atoms with Crippen LogP contribution in [0.3, 0.4) is 0 Å². The molecular weight excluding hydrogens is 322 g/mol. The molecule has 0 saturated carbocycles. The van der Waals surface area contributed by atoms with Gasteiger partial charge in [-0.3, -0.25) is 4.79 Å². The fraction of sp³-hybridized carbons (Fsp3) is 0.632. The Bertz CT molecular complexity index is 551. The van der Waals surface area contributed by atoms with Crippen LogP contribution in [0.2, 0.25) is 5.02 Å². The molecule has 1 atom stereocenters. The van der Waals surface area contributed by atoms with Crippen LogP contribution < -0.4 is 10.2 Å². The quantitative estimate of drug-likeness (QED) is 0.907. The number of benzene rings is 1. The molecule has 2 saturated heterocycles. The summed E-state index contributed by atoms with van der Waals surface area (Å²) in [7, 11) is 0. The van der Waals surface area contributed by atoms with Crippen molar-refractivity contribution in [1.82, 2.24) is 10.2 Å². The van der Waals surface area contributed by atoms with Crippen LogP contribution in [-0.4, -0.2) is 50.1 Å². The van der Waals surface area contributed by atoms with E-state index in [2.05, 4.69) is 23.2 Å². The fourth-order valence-electron chi connectivity index (χ4n) is 3.87. The molecule has 0 aromatic heterocycles. The van der Waals surface area contributed by atoms with E-state index in [9.17, 15) is 4.79 Å². The van der Waals surface area contributed by atoms with Gasteiger partial charge in [0.1, 0.15) is 0 Å². The molecule has 0 bridgehead atoms. The maximum absolute atomic E-state index is 12.6. The number of hydrogen-bond donors (Lipinski definition) is 1. The Morgan fingerprint density at radius 2 is 1.96 bits per heavy atom. The summed E-state index contributed by atoms with van der Waals surface area (Å²) in [5, 5.41) is 4.17. The number of anilines is 1. The van der Waals surface area contributed by atoms with Crippen LogP contribution in [0.1, 0.15) is 26.2 Å². The highest BCUT2D eigenvalue weighted by atomic mass is 35.5. The van der Waals surface area contributed by atoms with E-state index in [0.29, 0.717) is 24.2 Å². The van der Waals surface area contributed by atoms with Gasteiger partial charge in [0.15, 0.2) is 0 Å². The van der Waals surface area contributed by atoms with Gasteiger partial charge in [0, 0.05) is 43.3 Å². The molecule has 0 spiro atoms. The van der Waals surface area contributed by atoms with Crippen molar-refractivity contribution < 1.29 is 4.79 Å². The second kappa shape index (κ2) is 8.21. The molecule has 0 aliphatic carbocycles. The highest BCUT2D eigenvalue weighted by Gasteiger charge is 2.26. The van der Waals surface area contributed by atoms with Crippen LogP contribution >= 0.6 is 11.6 Å². The number of piperidine rings is 1. The lowest BCUT2D eigenvalue weighted by Gasteiger charge is -2.37. The van der Waals surface area contributed by atoms with Gasteiger partial charge in [-0.05, 0) is 56.0 Å². The van der Waals surface area contributed by atoms with Gasteiger partial charge in [-0.25, -0.2) is 0 Å². The van der Waals surface area contributed by atoms with Crippen molar-refractivity contribution in [1.29, 1.82) is 0 Å². The number of nitrogens with zero attached hydrogens (tertiary/aromatic N) is 2. The second-order valence-corrected chi connectivity index (χ2v) is 7.55. The molecule has 2 heterocycles. The molecular formula is C19H28ClN3O. The number of hydrogen-bond acceptors (Lipinski definition) is 3. The molecule has 5 heteroatoms. The van der Waals surface area contributed by atoms with Crippen LogP contribution in [0.5, 0.6) is 0 Å². The topological polar surface area (TPSA) is 35.6 Å². The summed E-state index contributed by atoms with van der Waals surface area (Å²) in [5.74, 6) is 1.51. The van der Waals surface area contributed by atoms with Crippen LogP contribution in [0.4, 0.5) is 5.69 Å². The van der Waals surface area contributed by atoms with Crippen LogP contribution in [0.15, 0.2) is 24.3 Å². The van der Waals surface area contributed by atoms with E-state index in [1.807, 2.05) is 23.1 Å². The molecule has 132 valence electrons. The van der Waals surface area contributed by atoms with Gasteiger partial charge < -0.3 is 15.1 Å². The third-order valence-corrected chi connectivity index (χ3v) is 5.73. The van der Waals surface area contributed by atoms with E-state index in [4.69, 9.17) is 11.6 Å². The average Bonchev–Trinajstić information content (AvgIpc) is 2.62. The first-order valence-corrected chi connectivity index (χ1v) is 9.50. The highest BCUT2D eigenvalue weighted by molar-refractivity contribution is 6.30. The molecule has 1 unspecified atom stereocenters. The van der Waals surface area contributed by atoms with Crippen molar-refractivity contribution in [3.63, 3.8) is 0 Å². The molecule has 3 rings (SSSR count). The Morgan fingerprint density at radius 3 is 2.62 bits per heavy atom. The normalized spacial score (nSPS) is 20.9. The third-order valence-electron chi connectivity index (χ3n) is 5.49. The van der Waals surface area contributed by atoms with Gasteiger partial charge in [0.25, 0.3) is 0 Å². The van der Waals surface area contributed by atoms with E-state index in [1.165, 1.54) is 12.8 Å². The Kier molecular flexibility index (Phi) is 6.01. The Balaban J connectivity index is 1.48. The molecule has 2 aliphatic heterocycles. The molecule has 1 aromatic carbocycles. The molecule has 24 heavy (non-hydrogen) atoms. The Morgan fingerprint density at radius 1 is 1.25 bits per heavy atom. The second-order valence-electron chi connectivity index (χ2n) is 7.12. The van der Waals surface area contributed by atoms with Gasteiger partial charge >= 0.3 is 0 Å². The van der Waals surface area contributed by atoms with E-state index in [0.717, 1.165) is 50.0 Å². The first-order chi connectivity index (χ1) is 11.6. The SMILES string of the molecule is CC(CC(=O)N1CCN(c2cccc(Cl)c2)CC1)C1CCNCC1. The summed E-state index contributed by atoms with van der Waals surface area (Å²) in [5.41, 5.74) is 1.15. The third kappa shape index (κ3) is 4.42. The highest BCUT2D eigenvalue weighted by Crippen LogP contribution is 2.26. The number of amides is 1. The van der Waals surface area contributed by atoms with Crippen LogP contribution in [0, 0.1) is 11.8 Å². The zero-order valence-corrected chi connectivity index (χ0v) is 15.3. The monoisotopic (exact) mass is 349 g/mol. The fourth-order valence-corrected chi connectivity index (χ4v) is 4.06. The molecule has 2 fully saturated rings. The predicted octanol–water partition coefficient (Wildman–Crippen LogP) is 3.01. The molecule has 1 aromatic rings. The van der Waals surface area contributed by atoms with Crippen molar-refractivity contribution in [2.75, 3.05) is 44.2 Å². The largest absolute Gasteiger partial charge is 0.368 e. The minimum absolute atomic E-state index is 0.326. The maximum Gasteiger partial charge on any atom is 0.222 e. The van der Waals surface area contributed by atoms with Gasteiger partial charge in [0.05, 0.1) is 0 Å². The standard InChI is InChI=1S/C19H28ClN3O/c1-15(16-5-7-21-8-6-16)13-19(24)23-11-9-22(10-12-23)18-4-2-3-17(20)14-18/h2-4,14-16,21H,5-13H2,1H3. The zero-order valence-electron chi connectivity index (χ0n) is 14.5. The first-order valence-electron chi connectivity index (χ1n) is 9.12. The van der Waals surface area contributed by atoms with Gasteiger partial charge in [-0.15, -0.1) is 0 Å². The molecule has 4 nitrogen and oxygen atoms in total. The predicted molar refractivity (Wildman–Crippen MR) is 99.6 cm³/mol. The molecule has 0 radical (unpaired) electrons. The van der Waals surface area contributed by atoms with Crippen molar-refractivity contribution in [2.24, 2.45) is 11.8 Å².